The Labute approximate surface area is 353 Å². The van der Waals surface area contributed by atoms with Crippen molar-refractivity contribution in [2.45, 2.75) is 26.2 Å². The zero-order valence-corrected chi connectivity index (χ0v) is 34.2. The van der Waals surface area contributed by atoms with Crippen LogP contribution in [0.25, 0.3) is 78.8 Å². The average molecular weight is 772 g/mol. The fourth-order valence-corrected chi connectivity index (χ4v) is 9.18. The molecule has 0 fully saturated rings. The first-order valence-corrected chi connectivity index (χ1v) is 20.7. The molecule has 0 amide bonds. The molecule has 10 rings (SSSR count). The fourth-order valence-electron chi connectivity index (χ4n) is 9.18. The number of hydrogen-bond acceptors (Lipinski definition) is 2. The topological polar surface area (TPSA) is 16.4 Å². The van der Waals surface area contributed by atoms with E-state index < -0.39 is 0 Å². The van der Waals surface area contributed by atoms with Gasteiger partial charge in [-0.2, -0.15) is 0 Å². The van der Waals surface area contributed by atoms with Gasteiger partial charge in [-0.1, -0.05) is 166 Å². The van der Waals surface area contributed by atoms with Crippen molar-refractivity contribution < 1.29 is 4.42 Å². The van der Waals surface area contributed by atoms with E-state index in [4.69, 9.17) is 4.42 Å². The highest BCUT2D eigenvalue weighted by molar-refractivity contribution is 5.97. The lowest BCUT2D eigenvalue weighted by molar-refractivity contribution is 0.603. The van der Waals surface area contributed by atoms with Gasteiger partial charge in [0.15, 0.2) is 0 Å². The molecule has 60 heavy (non-hydrogen) atoms. The zero-order valence-electron chi connectivity index (χ0n) is 34.2. The smallest absolute Gasteiger partial charge is 0.137 e. The van der Waals surface area contributed by atoms with Crippen molar-refractivity contribution in [1.82, 2.24) is 0 Å². The highest BCUT2D eigenvalue weighted by Crippen LogP contribution is 2.53. The van der Waals surface area contributed by atoms with Crippen LogP contribution in [0.15, 0.2) is 205 Å². The number of nitrogens with zero attached hydrogens (tertiary/aromatic N) is 1. The van der Waals surface area contributed by atoms with Crippen molar-refractivity contribution in [3.8, 4) is 55.6 Å². The second kappa shape index (κ2) is 15.1. The van der Waals surface area contributed by atoms with Crippen LogP contribution in [0.2, 0.25) is 0 Å². The molecule has 1 aliphatic carbocycles. The first kappa shape index (κ1) is 36.9. The molecule has 0 saturated carbocycles. The lowest BCUT2D eigenvalue weighted by Crippen LogP contribution is -2.14. The minimum absolute atomic E-state index is 0.128. The predicted octanol–water partition coefficient (Wildman–Crippen LogP) is 16.6. The van der Waals surface area contributed by atoms with Crippen molar-refractivity contribution in [3.63, 3.8) is 0 Å². The molecule has 0 saturated heterocycles. The van der Waals surface area contributed by atoms with E-state index in [1.54, 1.807) is 6.08 Å². The average Bonchev–Trinajstić information content (AvgIpc) is 3.77. The minimum atomic E-state index is -0.128. The van der Waals surface area contributed by atoms with E-state index in [-0.39, 0.29) is 5.41 Å². The second-order valence-electron chi connectivity index (χ2n) is 16.1. The summed E-state index contributed by atoms with van der Waals surface area (Å²) in [6.45, 7) is 10.8. The summed E-state index contributed by atoms with van der Waals surface area (Å²) in [5.41, 5.74) is 19.6. The molecule has 2 heteroatoms. The first-order valence-electron chi connectivity index (χ1n) is 20.7. The van der Waals surface area contributed by atoms with Crippen molar-refractivity contribution in [2.24, 2.45) is 0 Å². The summed E-state index contributed by atoms with van der Waals surface area (Å²) in [5, 5.41) is 1.06. The van der Waals surface area contributed by atoms with Crippen LogP contribution >= 0.6 is 0 Å². The zero-order chi connectivity index (χ0) is 40.8. The highest BCUT2D eigenvalue weighted by atomic mass is 16.3. The molecule has 0 radical (unpaired) electrons. The molecule has 0 unspecified atom stereocenters. The third-order valence-corrected chi connectivity index (χ3v) is 12.2. The molecule has 1 heterocycles. The Balaban J connectivity index is 1.18. The van der Waals surface area contributed by atoms with Crippen LogP contribution in [0.1, 0.15) is 43.2 Å². The molecule has 2 nitrogen and oxygen atoms in total. The van der Waals surface area contributed by atoms with Crippen LogP contribution in [0.5, 0.6) is 0 Å². The van der Waals surface area contributed by atoms with Gasteiger partial charge in [-0.15, -0.1) is 0 Å². The summed E-state index contributed by atoms with van der Waals surface area (Å²) in [5.74, 6) is 0.768. The third-order valence-electron chi connectivity index (χ3n) is 12.2. The minimum Gasteiger partial charge on any atom is -0.456 e. The van der Waals surface area contributed by atoms with Crippen LogP contribution in [-0.4, -0.2) is 0 Å². The summed E-state index contributed by atoms with van der Waals surface area (Å²) < 4.78 is 6.46. The van der Waals surface area contributed by atoms with Crippen LogP contribution in [0, 0.1) is 0 Å². The maximum absolute atomic E-state index is 6.46. The van der Waals surface area contributed by atoms with E-state index in [0.29, 0.717) is 0 Å². The maximum Gasteiger partial charge on any atom is 0.137 e. The third kappa shape index (κ3) is 6.38. The number of anilines is 3. The number of rotatable bonds is 9. The lowest BCUT2D eigenvalue weighted by atomic mass is 9.81. The molecule has 0 bridgehead atoms. The standard InChI is InChI=1S/C58H45NO/c1-5-17-50-51-32-31-47(38-56(51)60-55(50)6-2)59(46-29-26-41(27-30-46)39-18-10-7-11-19-39)48-35-44(40-20-12-8-13-21-40)34-45(36-48)43-28-33-53-52(37-43)57-49(42-22-14-9-15-23-42)24-16-25-54(57)58(53,3)4/h5-38H,2H2,1,3-4H3/b17-5-. The molecule has 1 aliphatic rings. The van der Waals surface area contributed by atoms with Crippen molar-refractivity contribution in [1.29, 1.82) is 0 Å². The summed E-state index contributed by atoms with van der Waals surface area (Å²) in [4.78, 5) is 2.36. The number of fused-ring (bicyclic) bond motifs is 4. The summed E-state index contributed by atoms with van der Waals surface area (Å²) in [6, 6.07) is 68.4. The molecule has 1 aromatic heterocycles. The van der Waals surface area contributed by atoms with Gasteiger partial charge in [0, 0.05) is 39.5 Å². The number of furan rings is 1. The van der Waals surface area contributed by atoms with Gasteiger partial charge in [-0.05, 0) is 128 Å². The van der Waals surface area contributed by atoms with Crippen LogP contribution in [-0.2, 0) is 5.41 Å². The lowest BCUT2D eigenvalue weighted by Gasteiger charge is -2.27. The number of allylic oxidation sites excluding steroid dienone is 1. The highest BCUT2D eigenvalue weighted by Gasteiger charge is 2.37. The van der Waals surface area contributed by atoms with Gasteiger partial charge >= 0.3 is 0 Å². The molecule has 0 N–H and O–H groups in total. The van der Waals surface area contributed by atoms with Crippen molar-refractivity contribution in [3.05, 3.63) is 223 Å². The van der Waals surface area contributed by atoms with Crippen molar-refractivity contribution >= 4 is 40.2 Å². The van der Waals surface area contributed by atoms with Gasteiger partial charge in [-0.25, -0.2) is 0 Å². The van der Waals surface area contributed by atoms with E-state index in [1.165, 1.54) is 50.1 Å². The van der Waals surface area contributed by atoms with Gasteiger partial charge in [0.05, 0.1) is 0 Å². The monoisotopic (exact) mass is 771 g/mol. The van der Waals surface area contributed by atoms with E-state index >= 15 is 0 Å². The molecular weight excluding hydrogens is 727 g/mol. The predicted molar refractivity (Wildman–Crippen MR) is 255 cm³/mol. The molecule has 0 atom stereocenters. The van der Waals surface area contributed by atoms with Gasteiger partial charge < -0.3 is 9.32 Å². The summed E-state index contributed by atoms with van der Waals surface area (Å²) in [7, 11) is 0. The molecule has 288 valence electrons. The van der Waals surface area contributed by atoms with E-state index in [1.807, 2.05) is 13.0 Å². The Morgan fingerprint density at radius 3 is 1.75 bits per heavy atom. The summed E-state index contributed by atoms with van der Waals surface area (Å²) >= 11 is 0. The van der Waals surface area contributed by atoms with Crippen LogP contribution in [0.3, 0.4) is 0 Å². The maximum atomic E-state index is 6.46. The fraction of sp³-hybridized carbons (Fsp3) is 0.0690. The quantitative estimate of drug-likeness (QED) is 0.145. The normalized spacial score (nSPS) is 12.7. The van der Waals surface area contributed by atoms with Gasteiger partial charge in [0.2, 0.25) is 0 Å². The van der Waals surface area contributed by atoms with Gasteiger partial charge in [-0.3, -0.25) is 0 Å². The Morgan fingerprint density at radius 2 is 1.08 bits per heavy atom. The molecular formula is C58H45NO. The SMILES string of the molecule is C=Cc1oc2cc(N(c3ccc(-c4ccccc4)cc3)c3cc(-c4ccccc4)cc(-c4ccc5c(c4)-c4c(-c6ccccc6)cccc4C5(C)C)c3)ccc2c1/C=C\C. The van der Waals surface area contributed by atoms with Crippen molar-refractivity contribution in [2.75, 3.05) is 4.90 Å². The first-order chi connectivity index (χ1) is 29.4. The van der Waals surface area contributed by atoms with Gasteiger partial charge in [0.25, 0.3) is 0 Å². The van der Waals surface area contributed by atoms with E-state index in [0.717, 1.165) is 56.0 Å². The Kier molecular flexibility index (Phi) is 9.26. The Bertz CT molecular complexity index is 3060. The van der Waals surface area contributed by atoms with Crippen LogP contribution < -0.4 is 4.90 Å². The molecule has 0 aliphatic heterocycles. The molecule has 0 spiro atoms. The Morgan fingerprint density at radius 1 is 0.483 bits per heavy atom. The molecule has 9 aromatic rings. The number of hydrogen-bond donors (Lipinski definition) is 0. The Hall–Kier alpha value is -7.42. The number of benzene rings is 8. The van der Waals surface area contributed by atoms with Crippen LogP contribution in [0.4, 0.5) is 17.1 Å². The second-order valence-corrected chi connectivity index (χ2v) is 16.1. The summed E-state index contributed by atoms with van der Waals surface area (Å²) in [6.07, 6.45) is 5.93. The largest absolute Gasteiger partial charge is 0.456 e. The van der Waals surface area contributed by atoms with E-state index in [9.17, 15) is 0 Å². The van der Waals surface area contributed by atoms with Gasteiger partial charge in [0.1, 0.15) is 11.3 Å². The van der Waals surface area contributed by atoms with E-state index in [2.05, 4.69) is 219 Å². The molecule has 8 aromatic carbocycles.